The highest BCUT2D eigenvalue weighted by atomic mass is 35.5. The molecule has 36 heavy (non-hydrogen) atoms. The van der Waals surface area contributed by atoms with E-state index in [1.165, 1.54) is 37.3 Å². The van der Waals surface area contributed by atoms with E-state index in [4.69, 9.17) is 32.7 Å². The van der Waals surface area contributed by atoms with E-state index in [1.807, 2.05) is 19.9 Å². The van der Waals surface area contributed by atoms with Gasteiger partial charge in [0.05, 0.1) is 36.4 Å². The molecule has 7 nitrogen and oxygen atoms in total. The molecule has 186 valence electrons. The molecule has 0 aliphatic carbocycles. The Labute approximate surface area is 218 Å². The maximum atomic E-state index is 13.4. The third-order valence-corrected chi connectivity index (χ3v) is 6.82. The van der Waals surface area contributed by atoms with E-state index in [-0.39, 0.29) is 38.4 Å². The van der Waals surface area contributed by atoms with Crippen LogP contribution in [0.5, 0.6) is 17.2 Å². The standard InChI is InChI=1S/C27H23Cl2NO6/c1-13-8-9-16(10-14(13)2)30-22(15-6-5-7-17(31)11-15)20(24(33)27(30)34)23(32)18-12-19(28)26(36-4)21(29)25(18)35-3/h5-12,22,31-32H,1-4H3/b23-20+. The van der Waals surface area contributed by atoms with E-state index >= 15 is 0 Å². The molecule has 1 amide bonds. The molecule has 1 heterocycles. The maximum Gasteiger partial charge on any atom is 0.300 e. The fourth-order valence-electron chi connectivity index (χ4n) is 4.28. The van der Waals surface area contributed by atoms with Gasteiger partial charge in [-0.1, -0.05) is 41.4 Å². The summed E-state index contributed by atoms with van der Waals surface area (Å²) in [6.45, 7) is 3.83. The van der Waals surface area contributed by atoms with Crippen LogP contribution in [0.2, 0.25) is 10.0 Å². The number of halogens is 2. The van der Waals surface area contributed by atoms with Crippen molar-refractivity contribution in [2.75, 3.05) is 19.1 Å². The van der Waals surface area contributed by atoms with Gasteiger partial charge in [-0.05, 0) is 60.9 Å². The topological polar surface area (TPSA) is 96.3 Å². The Hall–Kier alpha value is -3.68. The highest BCUT2D eigenvalue weighted by Gasteiger charge is 2.47. The summed E-state index contributed by atoms with van der Waals surface area (Å²) in [5.41, 5.74) is 2.61. The van der Waals surface area contributed by atoms with Gasteiger partial charge in [-0.2, -0.15) is 0 Å². The van der Waals surface area contributed by atoms with E-state index < -0.39 is 23.5 Å². The number of phenols is 1. The minimum atomic E-state index is -1.05. The number of anilines is 1. The Kier molecular flexibility index (Phi) is 6.89. The quantitative estimate of drug-likeness (QED) is 0.241. The number of hydrogen-bond donors (Lipinski definition) is 2. The summed E-state index contributed by atoms with van der Waals surface area (Å²) < 4.78 is 10.6. The highest BCUT2D eigenvalue weighted by molar-refractivity contribution is 6.52. The van der Waals surface area contributed by atoms with Crippen LogP contribution >= 0.6 is 23.2 Å². The largest absolute Gasteiger partial charge is 0.508 e. The normalized spacial score (nSPS) is 16.9. The van der Waals surface area contributed by atoms with Crippen LogP contribution in [0.3, 0.4) is 0 Å². The van der Waals surface area contributed by atoms with Crippen LogP contribution in [0.4, 0.5) is 5.69 Å². The second-order valence-corrected chi connectivity index (χ2v) is 9.10. The molecule has 3 aromatic carbocycles. The third-order valence-electron chi connectivity index (χ3n) is 6.19. The number of methoxy groups -OCH3 is 2. The zero-order chi connectivity index (χ0) is 26.3. The number of ether oxygens (including phenoxy) is 2. The summed E-state index contributed by atoms with van der Waals surface area (Å²) in [6.07, 6.45) is 0. The number of aliphatic hydroxyl groups is 1. The van der Waals surface area contributed by atoms with E-state index in [1.54, 1.807) is 24.3 Å². The van der Waals surface area contributed by atoms with Gasteiger partial charge in [0.25, 0.3) is 11.7 Å². The Bertz CT molecular complexity index is 1430. The van der Waals surface area contributed by atoms with E-state index in [2.05, 4.69) is 0 Å². The number of benzene rings is 3. The van der Waals surface area contributed by atoms with Crippen LogP contribution in [-0.2, 0) is 9.59 Å². The van der Waals surface area contributed by atoms with Crippen molar-refractivity contribution in [3.63, 3.8) is 0 Å². The number of hydrogen-bond acceptors (Lipinski definition) is 6. The molecule has 0 radical (unpaired) electrons. The van der Waals surface area contributed by atoms with Gasteiger partial charge in [-0.25, -0.2) is 0 Å². The predicted octanol–water partition coefficient (Wildman–Crippen LogP) is 5.96. The van der Waals surface area contributed by atoms with Crippen molar-refractivity contribution >= 4 is 46.3 Å². The van der Waals surface area contributed by atoms with Crippen molar-refractivity contribution in [3.05, 3.63) is 86.4 Å². The van der Waals surface area contributed by atoms with E-state index in [0.717, 1.165) is 11.1 Å². The molecular weight excluding hydrogens is 505 g/mol. The van der Waals surface area contributed by atoms with Crippen molar-refractivity contribution in [3.8, 4) is 17.2 Å². The van der Waals surface area contributed by atoms with Gasteiger partial charge in [0.15, 0.2) is 11.5 Å². The maximum absolute atomic E-state index is 13.4. The molecule has 0 bridgehead atoms. The lowest BCUT2D eigenvalue weighted by Gasteiger charge is -2.26. The third kappa shape index (κ3) is 4.14. The number of nitrogens with zero attached hydrogens (tertiary/aromatic N) is 1. The summed E-state index contributed by atoms with van der Waals surface area (Å²) in [4.78, 5) is 28.1. The first-order valence-corrected chi connectivity index (χ1v) is 11.6. The molecule has 3 aromatic rings. The van der Waals surface area contributed by atoms with E-state index in [9.17, 15) is 19.8 Å². The molecule has 1 saturated heterocycles. The molecule has 0 aromatic heterocycles. The summed E-state index contributed by atoms with van der Waals surface area (Å²) in [5.74, 6) is -2.20. The Morgan fingerprint density at radius 2 is 1.64 bits per heavy atom. The molecule has 0 saturated carbocycles. The van der Waals surface area contributed by atoms with Crippen molar-refractivity contribution < 1.29 is 29.3 Å². The first-order chi connectivity index (χ1) is 17.1. The van der Waals surface area contributed by atoms with Crippen LogP contribution in [0.15, 0.2) is 54.1 Å². The average Bonchev–Trinajstić information content (AvgIpc) is 3.11. The number of aryl methyl sites for hydroxylation is 2. The molecule has 2 N–H and O–H groups in total. The van der Waals surface area contributed by atoms with Crippen molar-refractivity contribution in [1.29, 1.82) is 0 Å². The van der Waals surface area contributed by atoms with E-state index in [0.29, 0.717) is 11.3 Å². The highest BCUT2D eigenvalue weighted by Crippen LogP contribution is 2.48. The molecule has 4 rings (SSSR count). The molecule has 1 fully saturated rings. The smallest absolute Gasteiger partial charge is 0.300 e. The van der Waals surface area contributed by atoms with Gasteiger partial charge < -0.3 is 19.7 Å². The van der Waals surface area contributed by atoms with Crippen molar-refractivity contribution in [1.82, 2.24) is 0 Å². The Morgan fingerprint density at radius 3 is 2.25 bits per heavy atom. The molecule has 1 aliphatic rings. The minimum Gasteiger partial charge on any atom is -0.508 e. The van der Waals surface area contributed by atoms with Gasteiger partial charge >= 0.3 is 0 Å². The molecule has 1 aliphatic heterocycles. The lowest BCUT2D eigenvalue weighted by atomic mass is 9.94. The number of aromatic hydroxyl groups is 1. The molecule has 9 heteroatoms. The van der Waals surface area contributed by atoms with Gasteiger partial charge in [-0.15, -0.1) is 0 Å². The number of amides is 1. The second-order valence-electron chi connectivity index (χ2n) is 8.32. The number of phenolic OH excluding ortho intramolecular Hbond substituents is 1. The van der Waals surface area contributed by atoms with Crippen LogP contribution in [0, 0.1) is 13.8 Å². The van der Waals surface area contributed by atoms with Crippen LogP contribution < -0.4 is 14.4 Å². The van der Waals surface area contributed by atoms with Gasteiger partial charge in [-0.3, -0.25) is 14.5 Å². The monoisotopic (exact) mass is 527 g/mol. The Morgan fingerprint density at radius 1 is 0.944 bits per heavy atom. The number of Topliss-reactive ketones (excluding diaryl/α,β-unsaturated/α-hetero) is 1. The van der Waals surface area contributed by atoms with Crippen molar-refractivity contribution in [2.24, 2.45) is 0 Å². The second kappa shape index (κ2) is 9.76. The zero-order valence-electron chi connectivity index (χ0n) is 19.9. The first kappa shape index (κ1) is 25.4. The van der Waals surface area contributed by atoms with Crippen LogP contribution in [0.25, 0.3) is 5.76 Å². The summed E-state index contributed by atoms with van der Waals surface area (Å²) in [7, 11) is 2.72. The number of carbonyl (C=O) groups excluding carboxylic acids is 2. The fourth-order valence-corrected chi connectivity index (χ4v) is 4.96. The predicted molar refractivity (Wildman–Crippen MR) is 138 cm³/mol. The van der Waals surface area contributed by atoms with Crippen LogP contribution in [0.1, 0.15) is 28.3 Å². The molecule has 1 unspecified atom stereocenters. The van der Waals surface area contributed by atoms with Gasteiger partial charge in [0.1, 0.15) is 16.5 Å². The van der Waals surface area contributed by atoms with Crippen molar-refractivity contribution in [2.45, 2.75) is 19.9 Å². The average molecular weight is 528 g/mol. The first-order valence-electron chi connectivity index (χ1n) is 10.9. The number of rotatable bonds is 5. The van der Waals surface area contributed by atoms with Gasteiger partial charge in [0.2, 0.25) is 0 Å². The SMILES string of the molecule is COc1c(Cl)cc(/C(O)=C2\C(=O)C(=O)N(c3ccc(C)c(C)c3)C2c2cccc(O)c2)c(OC)c1Cl. The molecule has 1 atom stereocenters. The summed E-state index contributed by atoms with van der Waals surface area (Å²) >= 11 is 12.7. The Balaban J connectivity index is 2.03. The molecular formula is C27H23Cl2NO6. The van der Waals surface area contributed by atoms with Crippen LogP contribution in [-0.4, -0.2) is 36.1 Å². The number of carbonyl (C=O) groups is 2. The lowest BCUT2D eigenvalue weighted by molar-refractivity contribution is -0.132. The summed E-state index contributed by atoms with van der Waals surface area (Å²) in [6, 6.07) is 11.8. The molecule has 0 spiro atoms. The number of ketones is 1. The summed E-state index contributed by atoms with van der Waals surface area (Å²) in [5, 5.41) is 21.7. The minimum absolute atomic E-state index is 0.00802. The number of aliphatic hydroxyl groups excluding tert-OH is 1. The zero-order valence-corrected chi connectivity index (χ0v) is 21.4. The fraction of sp³-hybridized carbons (Fsp3) is 0.185. The lowest BCUT2D eigenvalue weighted by Crippen LogP contribution is -2.29. The van der Waals surface area contributed by atoms with Gasteiger partial charge in [0, 0.05) is 5.69 Å².